The maximum atomic E-state index is 12.0. The molecule has 30 heavy (non-hydrogen) atoms. The molecule has 1 atom stereocenters. The molecule has 0 aliphatic rings. The minimum Gasteiger partial charge on any atom is -0.295 e. The number of nitrogens with zero attached hydrogens (tertiary/aromatic N) is 1. The summed E-state index contributed by atoms with van der Waals surface area (Å²) in [5, 5.41) is 1.15. The number of allylic oxidation sites excluding steroid dienone is 4. The molecule has 0 heterocycles. The standard InChI is InChI=1S/C27H34NOP/c1-7-9-20-10-15-24(27(28-6)21-11-13-22(30)14-12-21)26(17-20)23(8-2)25(18(3)4)16-19(5)29/h8,10-18H,7,9,30H2,1-6H3/b23-8+,25-16-,28-27?. The molecule has 3 heteroatoms. The summed E-state index contributed by atoms with van der Waals surface area (Å²) in [7, 11) is 4.57. The van der Waals surface area contributed by atoms with Crippen LogP contribution < -0.4 is 5.30 Å². The Kier molecular flexibility index (Phi) is 8.93. The molecule has 2 aromatic carbocycles. The quantitative estimate of drug-likeness (QED) is 0.217. The molecule has 0 spiro atoms. The van der Waals surface area contributed by atoms with Gasteiger partial charge in [-0.05, 0) is 59.8 Å². The number of rotatable bonds is 8. The number of aliphatic imine (C=N–C) groups is 1. The Morgan fingerprint density at radius 3 is 2.27 bits per heavy atom. The third-order valence-corrected chi connectivity index (χ3v) is 5.54. The van der Waals surface area contributed by atoms with Crippen LogP contribution in [0.15, 0.2) is 65.2 Å². The highest BCUT2D eigenvalue weighted by Gasteiger charge is 2.19. The molecule has 2 rings (SSSR count). The molecule has 0 saturated heterocycles. The third-order valence-electron chi connectivity index (χ3n) is 5.16. The summed E-state index contributed by atoms with van der Waals surface area (Å²) in [6.07, 6.45) is 6.03. The molecule has 0 saturated carbocycles. The number of aryl methyl sites for hydroxylation is 1. The minimum atomic E-state index is 0.0738. The van der Waals surface area contributed by atoms with Crippen molar-refractivity contribution >= 4 is 31.6 Å². The number of benzene rings is 2. The van der Waals surface area contributed by atoms with E-state index in [1.807, 2.05) is 14.0 Å². The lowest BCUT2D eigenvalue weighted by Crippen LogP contribution is -2.11. The van der Waals surface area contributed by atoms with Gasteiger partial charge in [-0.25, -0.2) is 0 Å². The van der Waals surface area contributed by atoms with E-state index >= 15 is 0 Å². The summed E-state index contributed by atoms with van der Waals surface area (Å²) in [5.74, 6) is 0.311. The van der Waals surface area contributed by atoms with Crippen LogP contribution in [0.5, 0.6) is 0 Å². The second-order valence-electron chi connectivity index (χ2n) is 7.89. The molecule has 0 bridgehead atoms. The zero-order chi connectivity index (χ0) is 22.3. The van der Waals surface area contributed by atoms with Crippen LogP contribution in [0.2, 0.25) is 0 Å². The molecule has 0 aliphatic heterocycles. The zero-order valence-electron chi connectivity index (χ0n) is 19.1. The smallest absolute Gasteiger partial charge is 0.152 e. The van der Waals surface area contributed by atoms with E-state index < -0.39 is 0 Å². The predicted octanol–water partition coefficient (Wildman–Crippen LogP) is 6.18. The molecule has 1 unspecified atom stereocenters. The molecule has 0 N–H and O–H groups in total. The first-order valence-electron chi connectivity index (χ1n) is 10.7. The van der Waals surface area contributed by atoms with Gasteiger partial charge in [0.2, 0.25) is 0 Å². The number of hydrogen-bond donors (Lipinski definition) is 0. The van der Waals surface area contributed by atoms with E-state index in [0.717, 1.165) is 51.7 Å². The lowest BCUT2D eigenvalue weighted by atomic mass is 9.84. The molecule has 2 nitrogen and oxygen atoms in total. The lowest BCUT2D eigenvalue weighted by Gasteiger charge is -2.21. The Morgan fingerprint density at radius 1 is 1.10 bits per heavy atom. The Labute approximate surface area is 184 Å². The largest absolute Gasteiger partial charge is 0.295 e. The molecule has 0 aromatic heterocycles. The lowest BCUT2D eigenvalue weighted by molar-refractivity contribution is -0.112. The molecule has 158 valence electrons. The van der Waals surface area contributed by atoms with Crippen LogP contribution >= 0.6 is 9.24 Å². The zero-order valence-corrected chi connectivity index (χ0v) is 20.3. The van der Waals surface area contributed by atoms with Gasteiger partial charge in [0, 0.05) is 18.2 Å². The van der Waals surface area contributed by atoms with Crippen molar-refractivity contribution in [3.05, 3.63) is 82.4 Å². The van der Waals surface area contributed by atoms with Gasteiger partial charge >= 0.3 is 0 Å². The number of carbonyl (C=O) groups is 1. The van der Waals surface area contributed by atoms with E-state index in [9.17, 15) is 4.79 Å². The van der Waals surface area contributed by atoms with Gasteiger partial charge in [-0.15, -0.1) is 9.24 Å². The van der Waals surface area contributed by atoms with Gasteiger partial charge in [0.1, 0.15) is 0 Å². The van der Waals surface area contributed by atoms with Crippen LogP contribution in [0, 0.1) is 5.92 Å². The van der Waals surface area contributed by atoms with Crippen LogP contribution in [0.25, 0.3) is 5.57 Å². The average Bonchev–Trinajstić information content (AvgIpc) is 2.71. The fourth-order valence-corrected chi connectivity index (χ4v) is 3.96. The van der Waals surface area contributed by atoms with Crippen molar-refractivity contribution in [2.75, 3.05) is 7.05 Å². The average molecular weight is 420 g/mol. The van der Waals surface area contributed by atoms with Gasteiger partial charge in [0.05, 0.1) is 5.71 Å². The Balaban J connectivity index is 2.76. The van der Waals surface area contributed by atoms with Crippen molar-refractivity contribution in [2.24, 2.45) is 10.9 Å². The molecular formula is C27H34NOP. The van der Waals surface area contributed by atoms with E-state index in [-0.39, 0.29) is 11.7 Å². The summed E-state index contributed by atoms with van der Waals surface area (Å²) in [5.41, 5.74) is 7.76. The first-order valence-corrected chi connectivity index (χ1v) is 11.2. The molecule has 2 aromatic rings. The highest BCUT2D eigenvalue weighted by atomic mass is 31.0. The van der Waals surface area contributed by atoms with E-state index in [0.29, 0.717) is 0 Å². The monoisotopic (exact) mass is 419 g/mol. The summed E-state index contributed by atoms with van der Waals surface area (Å²) >= 11 is 0. The van der Waals surface area contributed by atoms with Gasteiger partial charge in [0.15, 0.2) is 5.78 Å². The first kappa shape index (κ1) is 24.0. The van der Waals surface area contributed by atoms with Gasteiger partial charge in [-0.2, -0.15) is 0 Å². The molecule has 0 amide bonds. The van der Waals surface area contributed by atoms with Crippen molar-refractivity contribution in [3.8, 4) is 0 Å². The second kappa shape index (κ2) is 11.2. The minimum absolute atomic E-state index is 0.0738. The number of ketones is 1. The van der Waals surface area contributed by atoms with Gasteiger partial charge in [0.25, 0.3) is 0 Å². The third kappa shape index (κ3) is 5.86. The Bertz CT molecular complexity index is 978. The van der Waals surface area contributed by atoms with E-state index in [2.05, 4.69) is 83.5 Å². The number of hydrogen-bond acceptors (Lipinski definition) is 2. The summed E-state index contributed by atoms with van der Waals surface area (Å²) < 4.78 is 0. The Hall–Kier alpha value is -2.31. The van der Waals surface area contributed by atoms with Crippen LogP contribution in [-0.2, 0) is 11.2 Å². The fourth-order valence-electron chi connectivity index (χ4n) is 3.76. The highest BCUT2D eigenvalue weighted by Crippen LogP contribution is 2.33. The Morgan fingerprint density at radius 2 is 1.77 bits per heavy atom. The van der Waals surface area contributed by atoms with E-state index in [1.54, 1.807) is 13.0 Å². The van der Waals surface area contributed by atoms with Crippen molar-refractivity contribution in [3.63, 3.8) is 0 Å². The van der Waals surface area contributed by atoms with Crippen LogP contribution in [-0.4, -0.2) is 18.5 Å². The maximum Gasteiger partial charge on any atom is 0.152 e. The number of carbonyl (C=O) groups excluding carboxylic acids is 1. The van der Waals surface area contributed by atoms with Crippen molar-refractivity contribution in [1.82, 2.24) is 0 Å². The highest BCUT2D eigenvalue weighted by molar-refractivity contribution is 7.27. The fraction of sp³-hybridized carbons (Fsp3) is 0.333. The molecular weight excluding hydrogens is 385 g/mol. The van der Waals surface area contributed by atoms with Crippen LogP contribution in [0.1, 0.15) is 63.3 Å². The van der Waals surface area contributed by atoms with Crippen molar-refractivity contribution in [1.29, 1.82) is 0 Å². The summed E-state index contributed by atoms with van der Waals surface area (Å²) in [6, 6.07) is 15.1. The molecule has 0 aliphatic carbocycles. The SMILES string of the molecule is C/C=C(\C(=C/C(C)=O)C(C)C)c1cc(CCC)ccc1C(=NC)c1ccc(P)cc1. The topological polar surface area (TPSA) is 29.4 Å². The van der Waals surface area contributed by atoms with Crippen molar-refractivity contribution in [2.45, 2.75) is 47.5 Å². The normalized spacial score (nSPS) is 13.1. The van der Waals surface area contributed by atoms with Crippen molar-refractivity contribution < 1.29 is 4.79 Å². The van der Waals surface area contributed by atoms with Crippen LogP contribution in [0.4, 0.5) is 0 Å². The van der Waals surface area contributed by atoms with Crippen LogP contribution in [0.3, 0.4) is 0 Å². The van der Waals surface area contributed by atoms with Gasteiger partial charge in [-0.3, -0.25) is 9.79 Å². The molecule has 0 fully saturated rings. The summed E-state index contributed by atoms with van der Waals surface area (Å²) in [6.45, 7) is 10.1. The molecule has 0 radical (unpaired) electrons. The van der Waals surface area contributed by atoms with E-state index in [1.165, 1.54) is 5.56 Å². The predicted molar refractivity (Wildman–Crippen MR) is 135 cm³/mol. The van der Waals surface area contributed by atoms with E-state index in [4.69, 9.17) is 0 Å². The van der Waals surface area contributed by atoms with Gasteiger partial charge < -0.3 is 0 Å². The maximum absolute atomic E-state index is 12.0. The summed E-state index contributed by atoms with van der Waals surface area (Å²) in [4.78, 5) is 16.7. The second-order valence-corrected chi connectivity index (χ2v) is 8.56. The first-order chi connectivity index (χ1) is 14.3. The van der Waals surface area contributed by atoms with Gasteiger partial charge in [-0.1, -0.05) is 75.7 Å².